The van der Waals surface area contributed by atoms with Crippen molar-refractivity contribution in [2.24, 2.45) is 0 Å². The van der Waals surface area contributed by atoms with E-state index in [9.17, 15) is 9.90 Å². The van der Waals surface area contributed by atoms with Crippen LogP contribution in [0.15, 0.2) is 0 Å². The molecule has 0 aliphatic carbocycles. The molecule has 0 N–H and O–H groups in total. The standard InChI is InChI=1S/C3H4O3/c4-3(5)2-1-6-2/h2H,1H2,(H,4,5)/p-1/t2-/m1/s1. The summed E-state index contributed by atoms with van der Waals surface area (Å²) in [5, 5.41) is 9.53. The summed E-state index contributed by atoms with van der Waals surface area (Å²) in [5.74, 6) is -1.10. The molecule has 1 rings (SSSR count). The Hall–Kier alpha value is -0.570. The Morgan fingerprint density at radius 3 is 2.50 bits per heavy atom. The minimum absolute atomic E-state index is 0.336. The molecule has 6 heavy (non-hydrogen) atoms. The first kappa shape index (κ1) is 3.61. The van der Waals surface area contributed by atoms with E-state index in [1.807, 2.05) is 0 Å². The Labute approximate surface area is 34.5 Å². The van der Waals surface area contributed by atoms with Crippen molar-refractivity contribution in [3.8, 4) is 0 Å². The molecular weight excluding hydrogens is 84.0 g/mol. The predicted octanol–water partition coefficient (Wildman–Crippen LogP) is -1.86. The minimum atomic E-state index is -1.10. The number of hydrogen-bond donors (Lipinski definition) is 0. The summed E-state index contributed by atoms with van der Waals surface area (Å²) in [6.45, 7) is 0.336. The Morgan fingerprint density at radius 2 is 2.50 bits per heavy atom. The highest BCUT2D eigenvalue weighted by molar-refractivity contribution is 5.72. The second-order valence-electron chi connectivity index (χ2n) is 1.14. The van der Waals surface area contributed by atoms with E-state index in [1.165, 1.54) is 0 Å². The van der Waals surface area contributed by atoms with Crippen molar-refractivity contribution in [2.75, 3.05) is 6.61 Å². The second-order valence-corrected chi connectivity index (χ2v) is 1.14. The number of ether oxygens (including phenoxy) is 1. The lowest BCUT2D eigenvalue weighted by Crippen LogP contribution is -2.27. The first-order valence-corrected chi connectivity index (χ1v) is 1.63. The summed E-state index contributed by atoms with van der Waals surface area (Å²) in [4.78, 5) is 9.53. The van der Waals surface area contributed by atoms with E-state index in [0.717, 1.165) is 0 Å². The molecule has 0 amide bonds. The predicted molar refractivity (Wildman–Crippen MR) is 14.7 cm³/mol. The van der Waals surface area contributed by atoms with E-state index in [4.69, 9.17) is 0 Å². The van der Waals surface area contributed by atoms with Gasteiger partial charge in [-0.25, -0.2) is 0 Å². The first-order valence-electron chi connectivity index (χ1n) is 1.63. The van der Waals surface area contributed by atoms with E-state index in [2.05, 4.69) is 4.74 Å². The molecule has 0 aromatic heterocycles. The van der Waals surface area contributed by atoms with Crippen molar-refractivity contribution in [1.29, 1.82) is 0 Å². The van der Waals surface area contributed by atoms with Gasteiger partial charge in [0.25, 0.3) is 0 Å². The topological polar surface area (TPSA) is 52.7 Å². The third-order valence-electron chi connectivity index (χ3n) is 0.596. The fourth-order valence-electron chi connectivity index (χ4n) is 0.184. The van der Waals surface area contributed by atoms with Gasteiger partial charge in [-0.1, -0.05) is 0 Å². The lowest BCUT2D eigenvalue weighted by Gasteiger charge is -1.87. The lowest BCUT2D eigenvalue weighted by atomic mass is 10.5. The molecule has 0 aromatic carbocycles. The first-order chi connectivity index (χ1) is 2.80. The average molecular weight is 87.1 g/mol. The molecule has 3 nitrogen and oxygen atoms in total. The number of carbonyl (C=O) groups excluding carboxylic acids is 1. The van der Waals surface area contributed by atoms with E-state index in [-0.39, 0.29) is 0 Å². The number of rotatable bonds is 1. The largest absolute Gasteiger partial charge is 0.547 e. The van der Waals surface area contributed by atoms with Gasteiger partial charge in [-0.3, -0.25) is 0 Å². The smallest absolute Gasteiger partial charge is 0.120 e. The van der Waals surface area contributed by atoms with Gasteiger partial charge < -0.3 is 14.6 Å². The van der Waals surface area contributed by atoms with E-state index in [0.29, 0.717) is 6.61 Å². The van der Waals surface area contributed by atoms with Gasteiger partial charge in [0.05, 0.1) is 12.6 Å². The van der Waals surface area contributed by atoms with E-state index >= 15 is 0 Å². The SMILES string of the molecule is O=C([O-])[C@H]1CO1. The third kappa shape index (κ3) is 0.490. The van der Waals surface area contributed by atoms with Crippen LogP contribution in [0.1, 0.15) is 0 Å². The number of carboxylic acid groups (broad SMARTS) is 1. The van der Waals surface area contributed by atoms with Crippen LogP contribution >= 0.6 is 0 Å². The number of carboxylic acids is 1. The molecule has 0 unspecified atom stereocenters. The maximum absolute atomic E-state index is 9.53. The van der Waals surface area contributed by atoms with Crippen molar-refractivity contribution in [3.63, 3.8) is 0 Å². The minimum Gasteiger partial charge on any atom is -0.547 e. The summed E-state index contributed by atoms with van der Waals surface area (Å²) in [7, 11) is 0. The van der Waals surface area contributed by atoms with Crippen LogP contribution in [0.25, 0.3) is 0 Å². The summed E-state index contributed by atoms with van der Waals surface area (Å²) < 4.78 is 4.31. The quantitative estimate of drug-likeness (QED) is 0.352. The fraction of sp³-hybridized carbons (Fsp3) is 0.667. The van der Waals surface area contributed by atoms with Crippen LogP contribution in [-0.4, -0.2) is 18.7 Å². The maximum Gasteiger partial charge on any atom is 0.120 e. The van der Waals surface area contributed by atoms with Crippen molar-refractivity contribution >= 4 is 5.97 Å². The Balaban J connectivity index is 2.31. The van der Waals surface area contributed by atoms with Gasteiger partial charge in [0.15, 0.2) is 0 Å². The lowest BCUT2D eigenvalue weighted by molar-refractivity contribution is -0.307. The highest BCUT2D eigenvalue weighted by atomic mass is 16.6. The Morgan fingerprint density at radius 1 is 2.00 bits per heavy atom. The monoisotopic (exact) mass is 87.0 g/mol. The molecule has 1 aliphatic rings. The van der Waals surface area contributed by atoms with Gasteiger partial charge in [0, 0.05) is 0 Å². The molecule has 34 valence electrons. The van der Waals surface area contributed by atoms with Crippen LogP contribution < -0.4 is 5.11 Å². The molecule has 1 heterocycles. The Bertz CT molecular complexity index is 74.1. The summed E-state index contributed by atoms with van der Waals surface area (Å²) in [6.07, 6.45) is -0.593. The molecule has 0 spiro atoms. The van der Waals surface area contributed by atoms with Crippen LogP contribution in [-0.2, 0) is 9.53 Å². The molecule has 1 saturated heterocycles. The second kappa shape index (κ2) is 0.944. The normalized spacial score (nSPS) is 29.7. The zero-order valence-corrected chi connectivity index (χ0v) is 3.01. The van der Waals surface area contributed by atoms with Gasteiger partial charge in [-0.2, -0.15) is 0 Å². The number of aliphatic carboxylic acids is 1. The molecule has 0 saturated carbocycles. The van der Waals surface area contributed by atoms with Gasteiger partial charge in [-0.05, 0) is 0 Å². The molecular formula is C3H3O3-. The summed E-state index contributed by atoms with van der Waals surface area (Å²) >= 11 is 0. The van der Waals surface area contributed by atoms with Gasteiger partial charge in [0.1, 0.15) is 6.10 Å². The molecule has 1 aliphatic heterocycles. The van der Waals surface area contributed by atoms with Gasteiger partial charge in [0.2, 0.25) is 0 Å². The Kier molecular flexibility index (Phi) is 0.569. The van der Waals surface area contributed by atoms with Crippen LogP contribution in [0.2, 0.25) is 0 Å². The highest BCUT2D eigenvalue weighted by Crippen LogP contribution is 2.05. The van der Waals surface area contributed by atoms with Crippen molar-refractivity contribution in [1.82, 2.24) is 0 Å². The third-order valence-corrected chi connectivity index (χ3v) is 0.596. The number of carbonyl (C=O) groups is 1. The zero-order valence-electron chi connectivity index (χ0n) is 3.01. The van der Waals surface area contributed by atoms with Gasteiger partial charge >= 0.3 is 0 Å². The van der Waals surface area contributed by atoms with Crippen LogP contribution in [0.4, 0.5) is 0 Å². The van der Waals surface area contributed by atoms with Gasteiger partial charge in [-0.15, -0.1) is 0 Å². The molecule has 1 atom stereocenters. The number of hydrogen-bond acceptors (Lipinski definition) is 3. The van der Waals surface area contributed by atoms with Crippen LogP contribution in [0.3, 0.4) is 0 Å². The summed E-state index contributed by atoms with van der Waals surface area (Å²) in [6, 6.07) is 0. The fourth-order valence-corrected chi connectivity index (χ4v) is 0.184. The molecule has 0 aromatic rings. The number of epoxide rings is 1. The molecule has 3 heteroatoms. The summed E-state index contributed by atoms with van der Waals surface area (Å²) in [5.41, 5.74) is 0. The molecule has 1 fully saturated rings. The van der Waals surface area contributed by atoms with Crippen molar-refractivity contribution in [2.45, 2.75) is 6.10 Å². The van der Waals surface area contributed by atoms with E-state index in [1.54, 1.807) is 0 Å². The van der Waals surface area contributed by atoms with E-state index < -0.39 is 12.1 Å². The molecule has 0 radical (unpaired) electrons. The molecule has 0 bridgehead atoms. The van der Waals surface area contributed by atoms with Crippen molar-refractivity contribution < 1.29 is 14.6 Å². The van der Waals surface area contributed by atoms with Crippen molar-refractivity contribution in [3.05, 3.63) is 0 Å². The van der Waals surface area contributed by atoms with Crippen LogP contribution in [0, 0.1) is 0 Å². The highest BCUT2D eigenvalue weighted by Gasteiger charge is 2.22. The average Bonchev–Trinajstić information content (AvgIpc) is 2.06. The zero-order chi connectivity index (χ0) is 4.57. The van der Waals surface area contributed by atoms with Crippen LogP contribution in [0.5, 0.6) is 0 Å². The maximum atomic E-state index is 9.53.